The van der Waals surface area contributed by atoms with E-state index in [0.29, 0.717) is 18.2 Å². The molecular weight excluding hydrogens is 367 g/mol. The van der Waals surface area contributed by atoms with E-state index in [4.69, 9.17) is 0 Å². The van der Waals surface area contributed by atoms with Crippen molar-refractivity contribution in [2.24, 2.45) is 0 Å². The first-order valence-corrected chi connectivity index (χ1v) is 10.7. The zero-order chi connectivity index (χ0) is 21.0. The smallest absolute Gasteiger partial charge is 0.161 e. The first kappa shape index (κ1) is 21.9. The summed E-state index contributed by atoms with van der Waals surface area (Å²) in [5.41, 5.74) is 2.23. The van der Waals surface area contributed by atoms with Crippen LogP contribution in [0, 0.1) is 0 Å². The van der Waals surface area contributed by atoms with Crippen molar-refractivity contribution in [2.45, 2.75) is 51.7 Å². The largest absolute Gasteiger partial charge is 0.369 e. The van der Waals surface area contributed by atoms with Gasteiger partial charge >= 0.3 is 0 Å². The Kier molecular flexibility index (Phi) is 7.09. The predicted octanol–water partition coefficient (Wildman–Crippen LogP) is 2.89. The number of piperidine rings is 1. The van der Waals surface area contributed by atoms with Crippen LogP contribution in [0.5, 0.6) is 0 Å². The summed E-state index contributed by atoms with van der Waals surface area (Å²) in [4.78, 5) is 16.6. The Hall–Kier alpha value is -1.76. The summed E-state index contributed by atoms with van der Waals surface area (Å²) in [6.45, 7) is 14.8. The minimum absolute atomic E-state index is 0.0886. The molecule has 5 nitrogen and oxygen atoms in total. The molecule has 2 N–H and O–H groups in total. The maximum atomic E-state index is 13.7. The number of likely N-dealkylation sites (tertiary alicyclic amines) is 1. The molecule has 160 valence electrons. The maximum absolute atomic E-state index is 13.7. The number of nitrogens with zero attached hydrogens (tertiary/aromatic N) is 2. The van der Waals surface area contributed by atoms with Gasteiger partial charge in [0.15, 0.2) is 5.78 Å². The number of carbonyl (C=O) groups is 1. The molecule has 0 aliphatic carbocycles. The molecule has 2 saturated heterocycles. The average molecular weight is 403 g/mol. The highest BCUT2D eigenvalue weighted by atomic mass is 19.1. The topological polar surface area (TPSA) is 47.6 Å². The van der Waals surface area contributed by atoms with Crippen LogP contribution in [0.4, 0.5) is 4.39 Å². The van der Waals surface area contributed by atoms with Crippen molar-refractivity contribution >= 4 is 5.78 Å². The third-order valence-electron chi connectivity index (χ3n) is 6.60. The van der Waals surface area contributed by atoms with Crippen molar-refractivity contribution in [1.82, 2.24) is 20.4 Å². The lowest BCUT2D eigenvalue weighted by Gasteiger charge is -2.39. The third kappa shape index (κ3) is 5.05. The van der Waals surface area contributed by atoms with Gasteiger partial charge in [0, 0.05) is 50.4 Å². The molecule has 1 atom stereocenters. The Balaban J connectivity index is 1.53. The van der Waals surface area contributed by atoms with Crippen molar-refractivity contribution in [3.05, 3.63) is 47.5 Å². The lowest BCUT2D eigenvalue weighted by Crippen LogP contribution is -2.57. The fourth-order valence-electron chi connectivity index (χ4n) is 4.66. The molecule has 3 heterocycles. The molecule has 0 aromatic heterocycles. The lowest BCUT2D eigenvalue weighted by molar-refractivity contribution is -0.113. The number of ketones is 1. The van der Waals surface area contributed by atoms with Gasteiger partial charge in [-0.25, -0.2) is 4.39 Å². The Bertz CT molecular complexity index is 733. The van der Waals surface area contributed by atoms with Crippen LogP contribution in [0.1, 0.15) is 40.0 Å². The fourth-order valence-corrected chi connectivity index (χ4v) is 4.66. The van der Waals surface area contributed by atoms with Crippen molar-refractivity contribution in [3.8, 4) is 0 Å². The van der Waals surface area contributed by atoms with Gasteiger partial charge < -0.3 is 5.32 Å². The molecule has 0 amide bonds. The molecule has 0 aromatic rings. The molecule has 0 aromatic carbocycles. The second-order valence-electron chi connectivity index (χ2n) is 8.49. The summed E-state index contributed by atoms with van der Waals surface area (Å²) in [5, 5.41) is 7.16. The maximum Gasteiger partial charge on any atom is 0.161 e. The van der Waals surface area contributed by atoms with Crippen LogP contribution in [0.2, 0.25) is 0 Å². The van der Waals surface area contributed by atoms with E-state index in [-0.39, 0.29) is 17.3 Å². The molecule has 2 fully saturated rings. The average Bonchev–Trinajstić information content (AvgIpc) is 2.93. The van der Waals surface area contributed by atoms with Crippen molar-refractivity contribution < 1.29 is 9.18 Å². The molecule has 0 radical (unpaired) electrons. The summed E-state index contributed by atoms with van der Waals surface area (Å²) in [6.07, 6.45) is 8.52. The minimum atomic E-state index is -0.254. The number of hydrogen-bond acceptors (Lipinski definition) is 5. The van der Waals surface area contributed by atoms with E-state index in [1.807, 2.05) is 12.3 Å². The van der Waals surface area contributed by atoms with Gasteiger partial charge in [0.1, 0.15) is 11.5 Å². The molecule has 0 saturated carbocycles. The van der Waals surface area contributed by atoms with Crippen LogP contribution in [0.15, 0.2) is 47.5 Å². The third-order valence-corrected chi connectivity index (χ3v) is 6.60. The number of nitrogens with one attached hydrogen (secondary N) is 2. The van der Waals surface area contributed by atoms with Gasteiger partial charge in [-0.15, -0.1) is 0 Å². The normalized spacial score (nSPS) is 27.8. The lowest BCUT2D eigenvalue weighted by atomic mass is 9.91. The zero-order valence-corrected chi connectivity index (χ0v) is 18.1. The van der Waals surface area contributed by atoms with E-state index in [1.165, 1.54) is 11.6 Å². The van der Waals surface area contributed by atoms with E-state index in [2.05, 4.69) is 33.9 Å². The molecule has 3 aliphatic rings. The number of rotatable bonds is 5. The molecule has 1 unspecified atom stereocenters. The molecule has 3 aliphatic heterocycles. The van der Waals surface area contributed by atoms with Crippen LogP contribution in [0.3, 0.4) is 0 Å². The van der Waals surface area contributed by atoms with E-state index >= 15 is 0 Å². The molecule has 1 spiro atoms. The molecule has 3 rings (SSSR count). The van der Waals surface area contributed by atoms with E-state index in [0.717, 1.165) is 57.6 Å². The second-order valence-corrected chi connectivity index (χ2v) is 8.49. The summed E-state index contributed by atoms with van der Waals surface area (Å²) in [6, 6.07) is 0.569. The van der Waals surface area contributed by atoms with Gasteiger partial charge in [-0.1, -0.05) is 12.7 Å². The number of Topliss-reactive ketones (excluding diaryl/α,β-unsaturated/α-hetero) is 1. The monoisotopic (exact) mass is 402 g/mol. The quantitative estimate of drug-likeness (QED) is 0.693. The summed E-state index contributed by atoms with van der Waals surface area (Å²) in [5.74, 6) is -0.105. The van der Waals surface area contributed by atoms with Crippen LogP contribution in [-0.4, -0.2) is 66.6 Å². The van der Waals surface area contributed by atoms with E-state index in [9.17, 15) is 9.18 Å². The van der Waals surface area contributed by atoms with Gasteiger partial charge in [-0.3, -0.25) is 19.9 Å². The van der Waals surface area contributed by atoms with Crippen molar-refractivity contribution in [3.63, 3.8) is 0 Å². The molecule has 29 heavy (non-hydrogen) atoms. The standard InChI is InChI=1S/C23H35FN4O/c1-5-22(24)17(2)16-27-10-6-21(7-11-27)28-12-8-23(25-9-13-28)18(3)14-20(15-26-23)19(4)29/h5,14-15,21,25-26H,2,6-13,16H2,1,3-4H3/b22-5+. The SMILES string of the molecule is C=C(CN1CCC(N2CCNC3(CC2)NC=C(C(C)=O)C=C3C)CC1)/C(F)=C\C. The number of dihydropyridines is 1. The Morgan fingerprint density at radius 1 is 1.34 bits per heavy atom. The summed E-state index contributed by atoms with van der Waals surface area (Å²) in [7, 11) is 0. The Morgan fingerprint density at radius 2 is 2.07 bits per heavy atom. The first-order valence-electron chi connectivity index (χ1n) is 10.7. The highest BCUT2D eigenvalue weighted by Gasteiger charge is 2.37. The molecular formula is C23H35FN4O. The van der Waals surface area contributed by atoms with Gasteiger partial charge in [0.05, 0.1) is 0 Å². The van der Waals surface area contributed by atoms with Crippen LogP contribution in [-0.2, 0) is 4.79 Å². The fraction of sp³-hybridized carbons (Fsp3) is 0.609. The van der Waals surface area contributed by atoms with Gasteiger partial charge in [-0.2, -0.15) is 0 Å². The summed E-state index contributed by atoms with van der Waals surface area (Å²) >= 11 is 0. The van der Waals surface area contributed by atoms with E-state index in [1.54, 1.807) is 13.8 Å². The highest BCUT2D eigenvalue weighted by Crippen LogP contribution is 2.28. The second kappa shape index (κ2) is 9.37. The van der Waals surface area contributed by atoms with Crippen molar-refractivity contribution in [1.29, 1.82) is 0 Å². The highest BCUT2D eigenvalue weighted by molar-refractivity contribution is 5.96. The van der Waals surface area contributed by atoms with E-state index < -0.39 is 0 Å². The molecule has 6 heteroatoms. The van der Waals surface area contributed by atoms with Gasteiger partial charge in [0.25, 0.3) is 0 Å². The Morgan fingerprint density at radius 3 is 2.69 bits per heavy atom. The Labute approximate surface area is 174 Å². The zero-order valence-electron chi connectivity index (χ0n) is 18.1. The molecule has 0 bridgehead atoms. The van der Waals surface area contributed by atoms with Crippen molar-refractivity contribution in [2.75, 3.05) is 39.3 Å². The number of hydrogen-bond donors (Lipinski definition) is 2. The van der Waals surface area contributed by atoms with Crippen LogP contribution < -0.4 is 10.6 Å². The van der Waals surface area contributed by atoms with Gasteiger partial charge in [-0.05, 0) is 63.9 Å². The predicted molar refractivity (Wildman–Crippen MR) is 116 cm³/mol. The minimum Gasteiger partial charge on any atom is -0.369 e. The van der Waals surface area contributed by atoms with Crippen LogP contribution in [0.25, 0.3) is 0 Å². The van der Waals surface area contributed by atoms with Gasteiger partial charge in [0.2, 0.25) is 0 Å². The number of allylic oxidation sites excluding steroid dienone is 3. The number of carbonyl (C=O) groups excluding carboxylic acids is 1. The number of halogens is 1. The first-order chi connectivity index (χ1) is 13.8. The van der Waals surface area contributed by atoms with Crippen LogP contribution >= 0.6 is 0 Å². The summed E-state index contributed by atoms with van der Waals surface area (Å²) < 4.78 is 13.7.